The molecule has 1 fully saturated rings. The van der Waals surface area contributed by atoms with Crippen LogP contribution in [0.2, 0.25) is 0 Å². The summed E-state index contributed by atoms with van der Waals surface area (Å²) in [6, 6.07) is 3.45. The quantitative estimate of drug-likeness (QED) is 0.837. The Hall–Kier alpha value is -2.52. The van der Waals surface area contributed by atoms with Gasteiger partial charge in [-0.2, -0.15) is 5.10 Å². The van der Waals surface area contributed by atoms with E-state index in [2.05, 4.69) is 29.2 Å². The fourth-order valence-corrected chi connectivity index (χ4v) is 2.60. The Morgan fingerprint density at radius 1 is 1.48 bits per heavy atom. The Labute approximate surface area is 147 Å². The van der Waals surface area contributed by atoms with E-state index in [-0.39, 0.29) is 17.7 Å². The predicted molar refractivity (Wildman–Crippen MR) is 94.2 cm³/mol. The molecule has 6 heteroatoms. The van der Waals surface area contributed by atoms with E-state index in [4.69, 9.17) is 4.42 Å². The first-order chi connectivity index (χ1) is 11.7. The second-order valence-corrected chi connectivity index (χ2v) is 7.13. The number of amides is 1. The van der Waals surface area contributed by atoms with Crippen molar-refractivity contribution < 1.29 is 14.3 Å². The number of rotatable bonds is 4. The summed E-state index contributed by atoms with van der Waals surface area (Å²) in [5.74, 6) is 6.87. The highest BCUT2D eigenvalue weighted by Gasteiger charge is 2.31. The van der Waals surface area contributed by atoms with Gasteiger partial charge in [0.15, 0.2) is 11.5 Å². The van der Waals surface area contributed by atoms with E-state index in [0.717, 1.165) is 5.56 Å². The van der Waals surface area contributed by atoms with Gasteiger partial charge < -0.3 is 14.8 Å². The van der Waals surface area contributed by atoms with Gasteiger partial charge in [-0.05, 0) is 64.5 Å². The number of furan rings is 1. The maximum absolute atomic E-state index is 12.5. The zero-order valence-corrected chi connectivity index (χ0v) is 15.0. The number of hydrogen-bond donors (Lipinski definition) is 2. The normalized spacial score (nSPS) is 15.4. The Bertz CT molecular complexity index is 841. The zero-order valence-electron chi connectivity index (χ0n) is 15.0. The van der Waals surface area contributed by atoms with Gasteiger partial charge in [0.1, 0.15) is 11.4 Å². The molecule has 0 saturated heterocycles. The summed E-state index contributed by atoms with van der Waals surface area (Å²) < 4.78 is 7.34. The first-order valence-corrected chi connectivity index (χ1v) is 8.45. The van der Waals surface area contributed by atoms with E-state index in [1.807, 2.05) is 11.6 Å². The lowest BCUT2D eigenvalue weighted by molar-refractivity contribution is 0.0994. The molecular formula is C19H23N3O3. The van der Waals surface area contributed by atoms with Crippen molar-refractivity contribution in [2.75, 3.05) is 5.32 Å². The van der Waals surface area contributed by atoms with Crippen molar-refractivity contribution in [2.45, 2.75) is 52.2 Å². The molecule has 0 spiro atoms. The minimum atomic E-state index is -1.11. The highest BCUT2D eigenvalue weighted by atomic mass is 16.3. The van der Waals surface area contributed by atoms with Gasteiger partial charge in [-0.25, -0.2) is 4.68 Å². The molecule has 1 saturated carbocycles. The fraction of sp³-hybridized carbons (Fsp3) is 0.474. The van der Waals surface area contributed by atoms with Gasteiger partial charge in [0.2, 0.25) is 0 Å². The van der Waals surface area contributed by atoms with Crippen LogP contribution in [0.5, 0.6) is 0 Å². The molecular weight excluding hydrogens is 318 g/mol. The Morgan fingerprint density at radius 3 is 2.84 bits per heavy atom. The topological polar surface area (TPSA) is 80.3 Å². The lowest BCUT2D eigenvalue weighted by Gasteiger charge is -2.15. The van der Waals surface area contributed by atoms with Crippen LogP contribution in [-0.4, -0.2) is 26.4 Å². The van der Waals surface area contributed by atoms with Gasteiger partial charge in [0, 0.05) is 5.56 Å². The second kappa shape index (κ2) is 6.41. The van der Waals surface area contributed by atoms with Gasteiger partial charge in [-0.3, -0.25) is 4.79 Å². The summed E-state index contributed by atoms with van der Waals surface area (Å²) >= 11 is 0. The molecule has 0 aliphatic heterocycles. The van der Waals surface area contributed by atoms with E-state index in [0.29, 0.717) is 17.5 Å². The molecule has 1 aliphatic carbocycles. The van der Waals surface area contributed by atoms with Gasteiger partial charge in [-0.15, -0.1) is 0 Å². The molecule has 2 N–H and O–H groups in total. The molecule has 2 aromatic rings. The number of aromatic nitrogens is 2. The monoisotopic (exact) mass is 341 g/mol. The second-order valence-electron chi connectivity index (χ2n) is 7.13. The van der Waals surface area contributed by atoms with E-state index in [9.17, 15) is 9.90 Å². The fourth-order valence-electron chi connectivity index (χ4n) is 2.60. The van der Waals surface area contributed by atoms with Crippen molar-refractivity contribution >= 4 is 11.7 Å². The van der Waals surface area contributed by atoms with Crippen LogP contribution < -0.4 is 5.32 Å². The highest BCUT2D eigenvalue weighted by Crippen LogP contribution is 2.40. The zero-order chi connectivity index (χ0) is 18.2. The molecule has 132 valence electrons. The van der Waals surface area contributed by atoms with Crippen LogP contribution in [0.25, 0.3) is 0 Å². The summed E-state index contributed by atoms with van der Waals surface area (Å²) in [5.41, 5.74) is -0.202. The molecule has 1 unspecified atom stereocenters. The van der Waals surface area contributed by atoms with Crippen LogP contribution in [0.15, 0.2) is 22.7 Å². The number of nitrogens with one attached hydrogen (secondary N) is 1. The lowest BCUT2D eigenvalue weighted by Crippen LogP contribution is -2.18. The number of aliphatic hydroxyl groups is 1. The molecule has 6 nitrogen and oxygen atoms in total. The van der Waals surface area contributed by atoms with Crippen LogP contribution in [0.3, 0.4) is 0 Å². The van der Waals surface area contributed by atoms with Crippen LogP contribution in [0, 0.1) is 24.7 Å². The number of anilines is 1. The van der Waals surface area contributed by atoms with Crippen LogP contribution >= 0.6 is 0 Å². The summed E-state index contributed by atoms with van der Waals surface area (Å²) in [5, 5.41) is 16.9. The molecule has 1 aliphatic rings. The molecule has 0 bridgehead atoms. The van der Waals surface area contributed by atoms with Crippen molar-refractivity contribution in [3.05, 3.63) is 35.4 Å². The number of carbonyl (C=O) groups is 1. The number of hydrogen-bond acceptors (Lipinski definition) is 4. The number of nitrogens with zero attached hydrogens (tertiary/aromatic N) is 2. The van der Waals surface area contributed by atoms with Gasteiger partial charge in [-0.1, -0.05) is 5.92 Å². The number of aryl methyl sites for hydroxylation is 1. The third-order valence-electron chi connectivity index (χ3n) is 4.22. The molecule has 1 atom stereocenters. The van der Waals surface area contributed by atoms with E-state index in [1.165, 1.54) is 12.8 Å². The van der Waals surface area contributed by atoms with Crippen LogP contribution in [0.4, 0.5) is 5.82 Å². The minimum Gasteiger partial charge on any atom is -0.443 e. The summed E-state index contributed by atoms with van der Waals surface area (Å²) in [7, 11) is 0. The van der Waals surface area contributed by atoms with Crippen molar-refractivity contribution in [1.29, 1.82) is 0 Å². The van der Waals surface area contributed by atoms with E-state index in [1.54, 1.807) is 32.2 Å². The minimum absolute atomic E-state index is 0.172. The summed E-state index contributed by atoms with van der Waals surface area (Å²) in [4.78, 5) is 12.5. The van der Waals surface area contributed by atoms with Gasteiger partial charge in [0.05, 0.1) is 12.2 Å². The summed E-state index contributed by atoms with van der Waals surface area (Å²) in [6.07, 6.45) is 4.17. The first kappa shape index (κ1) is 17.3. The predicted octanol–water partition coefficient (Wildman–Crippen LogP) is 3.13. The molecule has 3 rings (SSSR count). The SMILES string of the molecule is Cc1cnn(C(C)C2CC2)c1NC(=O)c1ccc(C#CC(C)(C)O)o1. The molecule has 25 heavy (non-hydrogen) atoms. The molecule has 0 radical (unpaired) electrons. The smallest absolute Gasteiger partial charge is 0.292 e. The van der Waals surface area contributed by atoms with Crippen LogP contribution in [-0.2, 0) is 0 Å². The highest BCUT2D eigenvalue weighted by molar-refractivity contribution is 6.02. The average molecular weight is 341 g/mol. The Morgan fingerprint density at radius 2 is 2.20 bits per heavy atom. The van der Waals surface area contributed by atoms with Gasteiger partial charge in [0.25, 0.3) is 5.91 Å². The van der Waals surface area contributed by atoms with Crippen molar-refractivity contribution in [1.82, 2.24) is 9.78 Å². The molecule has 2 heterocycles. The van der Waals surface area contributed by atoms with Crippen molar-refractivity contribution in [3.63, 3.8) is 0 Å². The third kappa shape index (κ3) is 4.12. The molecule has 0 aromatic carbocycles. The molecule has 1 amide bonds. The largest absolute Gasteiger partial charge is 0.443 e. The van der Waals surface area contributed by atoms with Crippen molar-refractivity contribution in [3.8, 4) is 11.8 Å². The Kier molecular flexibility index (Phi) is 4.44. The van der Waals surface area contributed by atoms with Crippen molar-refractivity contribution in [2.24, 2.45) is 5.92 Å². The average Bonchev–Trinajstić information content (AvgIpc) is 3.17. The van der Waals surface area contributed by atoms with E-state index < -0.39 is 5.60 Å². The maximum atomic E-state index is 12.5. The first-order valence-electron chi connectivity index (χ1n) is 8.45. The van der Waals surface area contributed by atoms with Crippen LogP contribution in [0.1, 0.15) is 61.5 Å². The van der Waals surface area contributed by atoms with E-state index >= 15 is 0 Å². The lowest BCUT2D eigenvalue weighted by atomic mass is 10.1. The van der Waals surface area contributed by atoms with Gasteiger partial charge >= 0.3 is 0 Å². The number of carbonyl (C=O) groups excluding carboxylic acids is 1. The molecule has 2 aromatic heterocycles. The Balaban J connectivity index is 1.76. The third-order valence-corrected chi connectivity index (χ3v) is 4.22. The maximum Gasteiger partial charge on any atom is 0.292 e. The standard InChI is InChI=1S/C19H23N3O3/c1-12-11-20-22(13(2)14-5-6-14)17(12)21-18(23)16-8-7-15(25-16)9-10-19(3,4)24/h7-8,11,13-14,24H,5-6H2,1-4H3,(H,21,23). The summed E-state index contributed by atoms with van der Waals surface area (Å²) in [6.45, 7) is 7.21.